The molecule has 0 saturated carbocycles. The fraction of sp³-hybridized carbons (Fsp3) is 0.533. The van der Waals surface area contributed by atoms with Crippen molar-refractivity contribution in [3.05, 3.63) is 35.9 Å². The van der Waals surface area contributed by atoms with Gasteiger partial charge < -0.3 is 4.90 Å². The fourth-order valence-corrected chi connectivity index (χ4v) is 2.31. The zero-order valence-corrected chi connectivity index (χ0v) is 12.3. The van der Waals surface area contributed by atoms with E-state index in [9.17, 15) is 4.79 Å². The maximum absolute atomic E-state index is 12.0. The number of rotatable bonds is 5. The number of nitrogens with two attached hydrogens (primary N) is 1. The van der Waals surface area contributed by atoms with E-state index in [2.05, 4.69) is 31.1 Å². The van der Waals surface area contributed by atoms with Gasteiger partial charge in [-0.05, 0) is 18.0 Å². The van der Waals surface area contributed by atoms with Crippen LogP contribution in [0.15, 0.2) is 30.3 Å². The number of hydrogen-bond donors (Lipinski definition) is 2. The molecule has 0 radical (unpaired) electrons. The number of hydrogen-bond acceptors (Lipinski definition) is 3. The van der Waals surface area contributed by atoms with Crippen LogP contribution in [0.5, 0.6) is 0 Å². The van der Waals surface area contributed by atoms with Crippen molar-refractivity contribution in [2.45, 2.75) is 26.7 Å². The van der Waals surface area contributed by atoms with Gasteiger partial charge in [-0.25, -0.2) is 5.84 Å². The maximum Gasteiger partial charge on any atom is 0.242 e. The Morgan fingerprint density at radius 3 is 2.37 bits per heavy atom. The lowest BCUT2D eigenvalue weighted by atomic mass is 9.94. The molecule has 1 aromatic carbocycles. The molecule has 0 aliphatic carbocycles. The van der Waals surface area contributed by atoms with E-state index in [0.29, 0.717) is 6.54 Å². The Balaban J connectivity index is 2.79. The van der Waals surface area contributed by atoms with Gasteiger partial charge in [0.1, 0.15) is 0 Å². The lowest BCUT2D eigenvalue weighted by Gasteiger charge is -2.29. The van der Waals surface area contributed by atoms with Crippen LogP contribution in [-0.4, -0.2) is 30.9 Å². The maximum atomic E-state index is 12.0. The molecule has 0 aliphatic rings. The molecule has 0 aliphatic heterocycles. The molecule has 1 unspecified atom stereocenters. The first-order valence-corrected chi connectivity index (χ1v) is 6.57. The summed E-state index contributed by atoms with van der Waals surface area (Å²) in [5.74, 6) is 4.91. The van der Waals surface area contributed by atoms with Crippen molar-refractivity contribution in [3.63, 3.8) is 0 Å². The zero-order valence-electron chi connectivity index (χ0n) is 12.3. The SMILES string of the molecule is CN(CC(C(=O)NN)c1ccccc1)CC(C)(C)C. The highest BCUT2D eigenvalue weighted by atomic mass is 16.2. The Bertz CT molecular complexity index is 398. The molecule has 0 spiro atoms. The molecule has 0 heterocycles. The number of carbonyl (C=O) groups excluding carboxylic acids is 1. The molecule has 4 heteroatoms. The lowest BCUT2D eigenvalue weighted by Crippen LogP contribution is -2.41. The Morgan fingerprint density at radius 1 is 1.32 bits per heavy atom. The van der Waals surface area contributed by atoms with Gasteiger partial charge in [-0.15, -0.1) is 0 Å². The van der Waals surface area contributed by atoms with Crippen LogP contribution >= 0.6 is 0 Å². The summed E-state index contributed by atoms with van der Waals surface area (Å²) in [6, 6.07) is 9.75. The van der Waals surface area contributed by atoms with Gasteiger partial charge in [0.05, 0.1) is 5.92 Å². The average molecular weight is 263 g/mol. The van der Waals surface area contributed by atoms with Crippen molar-refractivity contribution in [1.29, 1.82) is 0 Å². The van der Waals surface area contributed by atoms with E-state index in [1.807, 2.05) is 37.4 Å². The standard InChI is InChI=1S/C15H25N3O/c1-15(2,3)11-18(4)10-13(14(19)17-16)12-8-6-5-7-9-12/h5-9,13H,10-11,16H2,1-4H3,(H,17,19). The summed E-state index contributed by atoms with van der Waals surface area (Å²) in [6.07, 6.45) is 0. The molecular weight excluding hydrogens is 238 g/mol. The smallest absolute Gasteiger partial charge is 0.242 e. The second kappa shape index (κ2) is 6.68. The van der Waals surface area contributed by atoms with E-state index in [-0.39, 0.29) is 17.2 Å². The minimum atomic E-state index is -0.237. The van der Waals surface area contributed by atoms with Gasteiger partial charge in [-0.3, -0.25) is 10.2 Å². The van der Waals surface area contributed by atoms with Crippen LogP contribution in [0.3, 0.4) is 0 Å². The first-order chi connectivity index (χ1) is 8.83. The quantitative estimate of drug-likeness (QED) is 0.483. The van der Waals surface area contributed by atoms with Crippen LogP contribution in [0, 0.1) is 5.41 Å². The number of likely N-dealkylation sites (N-methyl/N-ethyl adjacent to an activating group) is 1. The Labute approximate surface area is 115 Å². The number of nitrogens with zero attached hydrogens (tertiary/aromatic N) is 1. The van der Waals surface area contributed by atoms with E-state index >= 15 is 0 Å². The summed E-state index contributed by atoms with van der Waals surface area (Å²) in [6.45, 7) is 8.14. The van der Waals surface area contributed by atoms with E-state index in [0.717, 1.165) is 12.1 Å². The molecule has 4 nitrogen and oxygen atoms in total. The second-order valence-corrected chi connectivity index (χ2v) is 6.23. The van der Waals surface area contributed by atoms with Crippen LogP contribution in [0.1, 0.15) is 32.3 Å². The molecule has 0 fully saturated rings. The van der Waals surface area contributed by atoms with E-state index in [1.54, 1.807) is 0 Å². The average Bonchev–Trinajstić information content (AvgIpc) is 2.34. The fourth-order valence-electron chi connectivity index (χ4n) is 2.31. The predicted octanol–water partition coefficient (Wildman–Crippen LogP) is 1.74. The third-order valence-corrected chi connectivity index (χ3v) is 2.90. The van der Waals surface area contributed by atoms with Gasteiger partial charge in [0.2, 0.25) is 5.91 Å². The molecule has 1 aromatic rings. The zero-order chi connectivity index (χ0) is 14.5. The van der Waals surface area contributed by atoms with Crippen molar-refractivity contribution >= 4 is 5.91 Å². The van der Waals surface area contributed by atoms with Gasteiger partial charge in [-0.2, -0.15) is 0 Å². The number of hydrazine groups is 1. The van der Waals surface area contributed by atoms with Crippen molar-refractivity contribution in [2.24, 2.45) is 11.3 Å². The summed E-state index contributed by atoms with van der Waals surface area (Å²) >= 11 is 0. The third-order valence-electron chi connectivity index (χ3n) is 2.90. The van der Waals surface area contributed by atoms with Crippen LogP contribution in [0.4, 0.5) is 0 Å². The van der Waals surface area contributed by atoms with Gasteiger partial charge >= 0.3 is 0 Å². The molecule has 0 bridgehead atoms. The van der Waals surface area contributed by atoms with E-state index < -0.39 is 0 Å². The predicted molar refractivity (Wildman–Crippen MR) is 78.5 cm³/mol. The summed E-state index contributed by atoms with van der Waals surface area (Å²) in [4.78, 5) is 14.1. The van der Waals surface area contributed by atoms with Crippen molar-refractivity contribution in [3.8, 4) is 0 Å². The lowest BCUT2D eigenvalue weighted by molar-refractivity contribution is -0.123. The van der Waals surface area contributed by atoms with Crippen LogP contribution < -0.4 is 11.3 Å². The Hall–Kier alpha value is -1.39. The third kappa shape index (κ3) is 5.41. The first kappa shape index (κ1) is 15.7. The van der Waals surface area contributed by atoms with Crippen LogP contribution in [0.25, 0.3) is 0 Å². The molecule has 1 rings (SSSR count). The minimum absolute atomic E-state index is 0.146. The summed E-state index contributed by atoms with van der Waals surface area (Å²) in [5.41, 5.74) is 3.46. The molecule has 1 amide bonds. The topological polar surface area (TPSA) is 58.4 Å². The minimum Gasteiger partial charge on any atom is -0.305 e. The first-order valence-electron chi connectivity index (χ1n) is 6.57. The second-order valence-electron chi connectivity index (χ2n) is 6.23. The van der Waals surface area contributed by atoms with Gasteiger partial charge in [0.15, 0.2) is 0 Å². The largest absolute Gasteiger partial charge is 0.305 e. The molecule has 19 heavy (non-hydrogen) atoms. The van der Waals surface area contributed by atoms with Crippen LogP contribution in [0.2, 0.25) is 0 Å². The number of carbonyl (C=O) groups is 1. The van der Waals surface area contributed by atoms with Crippen molar-refractivity contribution in [2.75, 3.05) is 20.1 Å². The highest BCUT2D eigenvalue weighted by Crippen LogP contribution is 2.20. The normalized spacial score (nSPS) is 13.4. The number of benzene rings is 1. The molecule has 0 saturated heterocycles. The molecular formula is C15H25N3O. The molecule has 3 N–H and O–H groups in total. The molecule has 0 aromatic heterocycles. The number of nitrogens with one attached hydrogen (secondary N) is 1. The Kier molecular flexibility index (Phi) is 5.51. The highest BCUT2D eigenvalue weighted by molar-refractivity contribution is 5.83. The summed E-state index contributed by atoms with van der Waals surface area (Å²) in [5, 5.41) is 0. The summed E-state index contributed by atoms with van der Waals surface area (Å²) < 4.78 is 0. The van der Waals surface area contributed by atoms with Crippen LogP contribution in [-0.2, 0) is 4.79 Å². The highest BCUT2D eigenvalue weighted by Gasteiger charge is 2.23. The Morgan fingerprint density at radius 2 is 1.89 bits per heavy atom. The van der Waals surface area contributed by atoms with E-state index in [1.165, 1.54) is 0 Å². The molecule has 106 valence electrons. The van der Waals surface area contributed by atoms with Crippen molar-refractivity contribution in [1.82, 2.24) is 10.3 Å². The van der Waals surface area contributed by atoms with Gasteiger partial charge in [0.25, 0.3) is 0 Å². The monoisotopic (exact) mass is 263 g/mol. The number of amides is 1. The molecule has 1 atom stereocenters. The van der Waals surface area contributed by atoms with Gasteiger partial charge in [-0.1, -0.05) is 51.1 Å². The van der Waals surface area contributed by atoms with E-state index in [4.69, 9.17) is 5.84 Å². The van der Waals surface area contributed by atoms with Crippen molar-refractivity contribution < 1.29 is 4.79 Å². The summed E-state index contributed by atoms with van der Waals surface area (Å²) in [7, 11) is 2.03. The van der Waals surface area contributed by atoms with Gasteiger partial charge in [0, 0.05) is 13.1 Å².